The van der Waals surface area contributed by atoms with Gasteiger partial charge in [-0.15, -0.1) is 0 Å². The van der Waals surface area contributed by atoms with Crippen molar-refractivity contribution in [3.8, 4) is 0 Å². The average Bonchev–Trinajstić information content (AvgIpc) is 2.30. The van der Waals surface area contributed by atoms with E-state index in [1.165, 1.54) is 0 Å². The van der Waals surface area contributed by atoms with Crippen LogP contribution in [0.1, 0.15) is 10.4 Å². The largest absolute Gasteiger partial charge is 0.378 e. The first-order chi connectivity index (χ1) is 7.31. The van der Waals surface area contributed by atoms with Crippen molar-refractivity contribution in [3.05, 3.63) is 28.8 Å². The number of hydrogen-bond donors (Lipinski definition) is 0. The predicted molar refractivity (Wildman–Crippen MR) is 59.9 cm³/mol. The molecule has 4 heteroatoms. The molecular weight excluding hydrogens is 214 g/mol. The van der Waals surface area contributed by atoms with E-state index in [2.05, 4.69) is 4.90 Å². The fourth-order valence-corrected chi connectivity index (χ4v) is 1.86. The van der Waals surface area contributed by atoms with E-state index in [0.29, 0.717) is 23.8 Å². The lowest BCUT2D eigenvalue weighted by molar-refractivity contribution is 0.111. The summed E-state index contributed by atoms with van der Waals surface area (Å²) in [5.74, 6) is 0. The van der Waals surface area contributed by atoms with Crippen LogP contribution in [0.5, 0.6) is 0 Å². The summed E-state index contributed by atoms with van der Waals surface area (Å²) >= 11 is 5.92. The summed E-state index contributed by atoms with van der Waals surface area (Å²) < 4.78 is 5.26. The summed E-state index contributed by atoms with van der Waals surface area (Å²) in [4.78, 5) is 13.0. The molecule has 80 valence electrons. The van der Waals surface area contributed by atoms with Gasteiger partial charge in [0, 0.05) is 29.4 Å². The maximum absolute atomic E-state index is 10.9. The molecule has 0 spiro atoms. The molecule has 0 N–H and O–H groups in total. The number of benzene rings is 1. The topological polar surface area (TPSA) is 29.5 Å². The van der Waals surface area contributed by atoms with Gasteiger partial charge in [-0.05, 0) is 18.2 Å². The maximum atomic E-state index is 10.9. The van der Waals surface area contributed by atoms with Crippen molar-refractivity contribution in [1.82, 2.24) is 0 Å². The minimum Gasteiger partial charge on any atom is -0.378 e. The van der Waals surface area contributed by atoms with Crippen molar-refractivity contribution in [2.24, 2.45) is 0 Å². The number of morpholine rings is 1. The fourth-order valence-electron chi connectivity index (χ4n) is 1.69. The minimum absolute atomic E-state index is 0.655. The molecular formula is C11H12ClNO2. The van der Waals surface area contributed by atoms with E-state index in [0.717, 1.165) is 25.1 Å². The van der Waals surface area contributed by atoms with E-state index in [9.17, 15) is 4.79 Å². The summed E-state index contributed by atoms with van der Waals surface area (Å²) in [6.45, 7) is 3.01. The number of rotatable bonds is 2. The van der Waals surface area contributed by atoms with Gasteiger partial charge in [0.2, 0.25) is 0 Å². The number of aldehydes is 1. The minimum atomic E-state index is 0.655. The Morgan fingerprint density at radius 3 is 2.73 bits per heavy atom. The number of anilines is 1. The van der Waals surface area contributed by atoms with E-state index >= 15 is 0 Å². The Morgan fingerprint density at radius 2 is 2.07 bits per heavy atom. The van der Waals surface area contributed by atoms with Crippen molar-refractivity contribution in [3.63, 3.8) is 0 Å². The molecule has 0 atom stereocenters. The third-order valence-corrected chi connectivity index (χ3v) is 2.71. The molecule has 0 saturated carbocycles. The highest BCUT2D eigenvalue weighted by Gasteiger charge is 2.14. The second-order valence-electron chi connectivity index (χ2n) is 3.42. The normalized spacial score (nSPS) is 16.5. The van der Waals surface area contributed by atoms with Crippen LogP contribution in [-0.2, 0) is 4.74 Å². The van der Waals surface area contributed by atoms with Gasteiger partial charge in [0.25, 0.3) is 0 Å². The third kappa shape index (κ3) is 2.30. The van der Waals surface area contributed by atoms with Gasteiger partial charge < -0.3 is 9.64 Å². The SMILES string of the molecule is O=Cc1ccc(Cl)cc1N1CCOCC1. The molecule has 0 amide bonds. The molecule has 1 aliphatic rings. The van der Waals surface area contributed by atoms with Crippen molar-refractivity contribution >= 4 is 23.6 Å². The molecule has 0 unspecified atom stereocenters. The predicted octanol–water partition coefficient (Wildman–Crippen LogP) is 1.99. The molecule has 1 saturated heterocycles. The summed E-state index contributed by atoms with van der Waals surface area (Å²) in [6, 6.07) is 5.31. The van der Waals surface area contributed by atoms with Crippen LogP contribution in [0.2, 0.25) is 5.02 Å². The molecule has 0 aliphatic carbocycles. The molecule has 1 aromatic rings. The second-order valence-corrected chi connectivity index (χ2v) is 3.86. The molecule has 2 rings (SSSR count). The summed E-state index contributed by atoms with van der Waals surface area (Å²) in [7, 11) is 0. The molecule has 1 aromatic carbocycles. The quantitative estimate of drug-likeness (QED) is 0.721. The Morgan fingerprint density at radius 1 is 1.33 bits per heavy atom. The molecule has 0 aromatic heterocycles. The number of carbonyl (C=O) groups is 1. The molecule has 15 heavy (non-hydrogen) atoms. The molecule has 1 heterocycles. The highest BCUT2D eigenvalue weighted by molar-refractivity contribution is 6.31. The summed E-state index contributed by atoms with van der Waals surface area (Å²) in [5.41, 5.74) is 1.59. The van der Waals surface area contributed by atoms with E-state index in [1.807, 2.05) is 6.07 Å². The second kappa shape index (κ2) is 4.64. The van der Waals surface area contributed by atoms with E-state index in [4.69, 9.17) is 16.3 Å². The zero-order chi connectivity index (χ0) is 10.7. The lowest BCUT2D eigenvalue weighted by Crippen LogP contribution is -2.36. The summed E-state index contributed by atoms with van der Waals surface area (Å²) in [6.07, 6.45) is 0.862. The van der Waals surface area contributed by atoms with Gasteiger partial charge in [0.1, 0.15) is 0 Å². The van der Waals surface area contributed by atoms with Crippen molar-refractivity contribution in [1.29, 1.82) is 0 Å². The van der Waals surface area contributed by atoms with Gasteiger partial charge in [0.15, 0.2) is 6.29 Å². The zero-order valence-corrected chi connectivity index (χ0v) is 9.04. The lowest BCUT2D eigenvalue weighted by Gasteiger charge is -2.29. The lowest BCUT2D eigenvalue weighted by atomic mass is 10.1. The number of ether oxygens (including phenoxy) is 1. The fraction of sp³-hybridized carbons (Fsp3) is 0.364. The van der Waals surface area contributed by atoms with E-state index < -0.39 is 0 Å². The monoisotopic (exact) mass is 225 g/mol. The Hall–Kier alpha value is -1.06. The van der Waals surface area contributed by atoms with E-state index in [1.54, 1.807) is 12.1 Å². The van der Waals surface area contributed by atoms with Gasteiger partial charge >= 0.3 is 0 Å². The highest BCUT2D eigenvalue weighted by Crippen LogP contribution is 2.24. The molecule has 3 nitrogen and oxygen atoms in total. The van der Waals surface area contributed by atoms with Crippen molar-refractivity contribution in [2.75, 3.05) is 31.2 Å². The first kappa shape index (κ1) is 10.5. The van der Waals surface area contributed by atoms with Crippen LogP contribution in [0.3, 0.4) is 0 Å². The van der Waals surface area contributed by atoms with Crippen molar-refractivity contribution in [2.45, 2.75) is 0 Å². The summed E-state index contributed by atoms with van der Waals surface area (Å²) in [5, 5.41) is 0.655. The van der Waals surface area contributed by atoms with Crippen LogP contribution in [0, 0.1) is 0 Å². The Balaban J connectivity index is 2.31. The smallest absolute Gasteiger partial charge is 0.152 e. The van der Waals surface area contributed by atoms with Crippen LogP contribution in [0.4, 0.5) is 5.69 Å². The maximum Gasteiger partial charge on any atom is 0.152 e. The molecule has 0 radical (unpaired) electrons. The first-order valence-electron chi connectivity index (χ1n) is 4.88. The number of hydrogen-bond acceptors (Lipinski definition) is 3. The molecule has 1 aliphatic heterocycles. The Bertz CT molecular complexity index is 362. The van der Waals surface area contributed by atoms with Gasteiger partial charge in [-0.25, -0.2) is 0 Å². The van der Waals surface area contributed by atoms with Gasteiger partial charge in [-0.3, -0.25) is 4.79 Å². The van der Waals surface area contributed by atoms with E-state index in [-0.39, 0.29) is 0 Å². The Labute approximate surface area is 93.6 Å². The highest BCUT2D eigenvalue weighted by atomic mass is 35.5. The van der Waals surface area contributed by atoms with Gasteiger partial charge in [-0.1, -0.05) is 11.6 Å². The van der Waals surface area contributed by atoms with Crippen molar-refractivity contribution < 1.29 is 9.53 Å². The zero-order valence-electron chi connectivity index (χ0n) is 8.28. The average molecular weight is 226 g/mol. The first-order valence-corrected chi connectivity index (χ1v) is 5.26. The van der Waals surface area contributed by atoms with Crippen LogP contribution in [-0.4, -0.2) is 32.6 Å². The standard InChI is InChI=1S/C11H12ClNO2/c12-10-2-1-9(8-14)11(7-10)13-3-5-15-6-4-13/h1-2,7-8H,3-6H2. The Kier molecular flexibility index (Phi) is 3.23. The van der Waals surface area contributed by atoms with Gasteiger partial charge in [-0.2, -0.15) is 0 Å². The van der Waals surface area contributed by atoms with Gasteiger partial charge in [0.05, 0.1) is 13.2 Å². The van der Waals surface area contributed by atoms with Crippen LogP contribution in [0.15, 0.2) is 18.2 Å². The molecule has 0 bridgehead atoms. The third-order valence-electron chi connectivity index (χ3n) is 2.47. The van der Waals surface area contributed by atoms with Crippen LogP contribution < -0.4 is 4.90 Å². The van der Waals surface area contributed by atoms with Crippen LogP contribution >= 0.6 is 11.6 Å². The number of nitrogens with zero attached hydrogens (tertiary/aromatic N) is 1. The number of carbonyl (C=O) groups excluding carboxylic acids is 1. The molecule has 1 fully saturated rings. The number of halogens is 1. The van der Waals surface area contributed by atoms with Crippen LogP contribution in [0.25, 0.3) is 0 Å².